The number of likely N-dealkylation sites (tertiary alicyclic amines) is 1. The Kier molecular flexibility index (Phi) is 9.81. The van der Waals surface area contributed by atoms with Crippen molar-refractivity contribution in [3.05, 3.63) is 53.5 Å². The molecule has 0 saturated carbocycles. The third kappa shape index (κ3) is 7.70. The largest absolute Gasteiger partial charge is 0.379 e. The van der Waals surface area contributed by atoms with Gasteiger partial charge in [-0.25, -0.2) is 14.8 Å². The van der Waals surface area contributed by atoms with Crippen LogP contribution in [0.3, 0.4) is 0 Å². The molecule has 1 atom stereocenters. The van der Waals surface area contributed by atoms with Gasteiger partial charge in [0.1, 0.15) is 6.23 Å². The van der Waals surface area contributed by atoms with Crippen LogP contribution in [0.2, 0.25) is 0 Å². The summed E-state index contributed by atoms with van der Waals surface area (Å²) in [6, 6.07) is 7.90. The second-order valence-electron chi connectivity index (χ2n) is 10.0. The van der Waals surface area contributed by atoms with E-state index in [1.807, 2.05) is 12.1 Å². The quantitative estimate of drug-likeness (QED) is 0.230. The summed E-state index contributed by atoms with van der Waals surface area (Å²) >= 11 is 0. The molecule has 37 heavy (non-hydrogen) atoms. The molecular formula is C27H39N7O3. The van der Waals surface area contributed by atoms with E-state index < -0.39 is 6.23 Å². The molecular weight excluding hydrogens is 470 g/mol. The van der Waals surface area contributed by atoms with Crippen molar-refractivity contribution in [2.24, 2.45) is 11.7 Å². The van der Waals surface area contributed by atoms with E-state index in [-0.39, 0.29) is 29.5 Å². The minimum absolute atomic E-state index is 0.00689. The molecule has 1 aromatic carbocycles. The number of fused-ring (bicyclic) bond motifs is 1. The summed E-state index contributed by atoms with van der Waals surface area (Å²) in [5.74, 6) is 0.228. The molecule has 0 radical (unpaired) electrons. The molecule has 2 aromatic rings. The number of aromatic nitrogens is 2. The number of carbonyl (C=O) groups excluding carboxylic acids is 2. The minimum atomic E-state index is -0.501. The zero-order valence-corrected chi connectivity index (χ0v) is 21.4. The van der Waals surface area contributed by atoms with Crippen LogP contribution in [0.25, 0.3) is 0 Å². The Morgan fingerprint density at radius 1 is 1.05 bits per heavy atom. The monoisotopic (exact) mass is 509 g/mol. The summed E-state index contributed by atoms with van der Waals surface area (Å²) in [5.41, 5.74) is 8.12. The van der Waals surface area contributed by atoms with E-state index in [9.17, 15) is 14.7 Å². The Hall–Kier alpha value is -3.08. The van der Waals surface area contributed by atoms with Crippen molar-refractivity contribution in [3.63, 3.8) is 0 Å². The average Bonchev–Trinajstić information content (AvgIpc) is 3.33. The topological polar surface area (TPSA) is 146 Å². The maximum absolute atomic E-state index is 13.0. The van der Waals surface area contributed by atoms with Gasteiger partial charge in [-0.05, 0) is 68.5 Å². The van der Waals surface area contributed by atoms with Crippen molar-refractivity contribution in [3.8, 4) is 0 Å². The third-order valence-electron chi connectivity index (χ3n) is 7.25. The number of piperidine rings is 1. The summed E-state index contributed by atoms with van der Waals surface area (Å²) in [5, 5.41) is 19.2. The number of urea groups is 1. The third-order valence-corrected chi connectivity index (χ3v) is 7.25. The van der Waals surface area contributed by atoms with Crippen LogP contribution >= 0.6 is 0 Å². The summed E-state index contributed by atoms with van der Waals surface area (Å²) in [7, 11) is 0. The van der Waals surface area contributed by atoms with Gasteiger partial charge in [0.15, 0.2) is 11.5 Å². The zero-order chi connectivity index (χ0) is 26.0. The van der Waals surface area contributed by atoms with Gasteiger partial charge < -0.3 is 21.1 Å². The summed E-state index contributed by atoms with van der Waals surface area (Å²) in [6.07, 6.45) is 9.37. The molecule has 2 heterocycles. The molecule has 10 nitrogen and oxygen atoms in total. The molecule has 10 heteroatoms. The molecule has 1 fully saturated rings. The van der Waals surface area contributed by atoms with Crippen molar-refractivity contribution in [1.29, 1.82) is 0 Å². The van der Waals surface area contributed by atoms with E-state index in [1.165, 1.54) is 23.5 Å². The highest BCUT2D eigenvalue weighted by Gasteiger charge is 2.27. The van der Waals surface area contributed by atoms with Gasteiger partial charge in [-0.15, -0.1) is 0 Å². The standard InChI is InChI=1S/C27H39N7O3/c28-11-5-1-2-8-23(35)31-18-19-9-14-34(15-10-19)27(37)33-25-24(29-12-13-30-25)26(36)32-22-16-20-6-3-4-7-21(20)17-22/h3-4,6-7,12-13,19,22-23,31,35H,1-2,5,8-11,14-18,28H2,(H,32,36)(H,30,33,37). The molecule has 0 spiro atoms. The maximum Gasteiger partial charge on any atom is 0.323 e. The number of hydrogen-bond donors (Lipinski definition) is 5. The summed E-state index contributed by atoms with van der Waals surface area (Å²) in [6.45, 7) is 2.63. The van der Waals surface area contributed by atoms with Crippen molar-refractivity contribution in [2.45, 2.75) is 63.6 Å². The van der Waals surface area contributed by atoms with Crippen LogP contribution in [0.1, 0.15) is 60.1 Å². The van der Waals surface area contributed by atoms with Crippen molar-refractivity contribution >= 4 is 17.8 Å². The Bertz CT molecular complexity index is 1020. The van der Waals surface area contributed by atoms with Gasteiger partial charge in [-0.1, -0.05) is 30.7 Å². The fourth-order valence-corrected chi connectivity index (χ4v) is 5.09. The van der Waals surface area contributed by atoms with Gasteiger partial charge in [-0.3, -0.25) is 15.4 Å². The lowest BCUT2D eigenvalue weighted by atomic mass is 9.97. The molecule has 1 saturated heterocycles. The fraction of sp³-hybridized carbons (Fsp3) is 0.556. The van der Waals surface area contributed by atoms with Crippen LogP contribution in [0.4, 0.5) is 10.6 Å². The van der Waals surface area contributed by atoms with Gasteiger partial charge in [0, 0.05) is 38.1 Å². The Labute approximate surface area is 218 Å². The summed E-state index contributed by atoms with van der Waals surface area (Å²) in [4.78, 5) is 36.1. The number of carbonyl (C=O) groups is 2. The highest BCUT2D eigenvalue weighted by molar-refractivity contribution is 6.00. The highest BCUT2D eigenvalue weighted by atomic mass is 16.3. The van der Waals surface area contributed by atoms with E-state index in [4.69, 9.17) is 5.73 Å². The van der Waals surface area contributed by atoms with E-state index in [0.29, 0.717) is 25.6 Å². The zero-order valence-electron chi connectivity index (χ0n) is 21.4. The first kappa shape index (κ1) is 27.0. The number of anilines is 1. The van der Waals surface area contributed by atoms with E-state index in [1.54, 1.807) is 4.90 Å². The first-order chi connectivity index (χ1) is 18.0. The Morgan fingerprint density at radius 2 is 1.76 bits per heavy atom. The van der Waals surface area contributed by atoms with E-state index in [0.717, 1.165) is 57.9 Å². The van der Waals surface area contributed by atoms with Gasteiger partial charge in [0.2, 0.25) is 0 Å². The van der Waals surface area contributed by atoms with Gasteiger partial charge in [-0.2, -0.15) is 0 Å². The first-order valence-corrected chi connectivity index (χ1v) is 13.4. The van der Waals surface area contributed by atoms with Gasteiger partial charge >= 0.3 is 6.03 Å². The lowest BCUT2D eigenvalue weighted by Crippen LogP contribution is -2.44. The number of nitrogens with zero attached hydrogens (tertiary/aromatic N) is 3. The van der Waals surface area contributed by atoms with E-state index >= 15 is 0 Å². The number of amides is 3. The number of unbranched alkanes of at least 4 members (excludes halogenated alkanes) is 2. The lowest BCUT2D eigenvalue weighted by molar-refractivity contribution is 0.0934. The van der Waals surface area contributed by atoms with Crippen LogP contribution in [-0.4, -0.2) is 70.4 Å². The molecule has 1 aliphatic heterocycles. The fourth-order valence-electron chi connectivity index (χ4n) is 5.09. The lowest BCUT2D eigenvalue weighted by Gasteiger charge is -2.32. The molecule has 1 aliphatic carbocycles. The normalized spacial score (nSPS) is 16.9. The molecule has 6 N–H and O–H groups in total. The van der Waals surface area contributed by atoms with Gasteiger partial charge in [0.25, 0.3) is 5.91 Å². The predicted octanol–water partition coefficient (Wildman–Crippen LogP) is 2.04. The van der Waals surface area contributed by atoms with Crippen molar-refractivity contribution in [2.75, 3.05) is 31.5 Å². The SMILES string of the molecule is NCCCCCC(O)NCC1CCN(C(=O)Nc2nccnc2C(=O)NC2Cc3ccccc3C2)CC1. The average molecular weight is 510 g/mol. The molecule has 1 unspecified atom stereocenters. The molecule has 3 amide bonds. The Morgan fingerprint density at radius 3 is 2.46 bits per heavy atom. The molecule has 0 bridgehead atoms. The summed E-state index contributed by atoms with van der Waals surface area (Å²) < 4.78 is 0. The number of nitrogens with one attached hydrogen (secondary N) is 3. The van der Waals surface area contributed by atoms with Crippen LogP contribution < -0.4 is 21.7 Å². The number of rotatable bonds is 11. The predicted molar refractivity (Wildman–Crippen MR) is 142 cm³/mol. The molecule has 2 aliphatic rings. The number of benzene rings is 1. The number of aliphatic hydroxyl groups is 1. The highest BCUT2D eigenvalue weighted by Crippen LogP contribution is 2.23. The van der Waals surface area contributed by atoms with Gasteiger partial charge in [0.05, 0.1) is 0 Å². The van der Waals surface area contributed by atoms with Crippen molar-refractivity contribution in [1.82, 2.24) is 25.5 Å². The minimum Gasteiger partial charge on any atom is -0.379 e. The smallest absolute Gasteiger partial charge is 0.323 e. The van der Waals surface area contributed by atoms with E-state index in [2.05, 4.69) is 38.1 Å². The van der Waals surface area contributed by atoms with Crippen LogP contribution in [0, 0.1) is 5.92 Å². The second kappa shape index (κ2) is 13.5. The number of hydrogen-bond acceptors (Lipinski definition) is 7. The van der Waals surface area contributed by atoms with Crippen LogP contribution in [-0.2, 0) is 12.8 Å². The molecule has 1 aromatic heterocycles. The maximum atomic E-state index is 13.0. The van der Waals surface area contributed by atoms with Crippen LogP contribution in [0.15, 0.2) is 36.7 Å². The Balaban J connectivity index is 1.22. The van der Waals surface area contributed by atoms with Crippen molar-refractivity contribution < 1.29 is 14.7 Å². The first-order valence-electron chi connectivity index (χ1n) is 13.4. The van der Waals surface area contributed by atoms with Crippen LogP contribution in [0.5, 0.6) is 0 Å². The molecule has 4 rings (SSSR count). The number of aliphatic hydroxyl groups excluding tert-OH is 1. The number of nitrogens with two attached hydrogens (primary N) is 1. The molecule has 200 valence electrons. The second-order valence-corrected chi connectivity index (χ2v) is 10.0.